The van der Waals surface area contributed by atoms with Crippen molar-refractivity contribution in [1.29, 1.82) is 5.41 Å². The van der Waals surface area contributed by atoms with E-state index < -0.39 is 5.41 Å². The Balaban J connectivity index is 1.74. The van der Waals surface area contributed by atoms with E-state index >= 15 is 0 Å². The fourth-order valence-electron chi connectivity index (χ4n) is 4.13. The highest BCUT2D eigenvalue weighted by Crippen LogP contribution is 2.45. The Kier molecular flexibility index (Phi) is 4.51. The largest absolute Gasteiger partial charge is 0.387 e. The predicted molar refractivity (Wildman–Crippen MR) is 111 cm³/mol. The van der Waals surface area contributed by atoms with Gasteiger partial charge in [-0.2, -0.15) is 0 Å². The molecule has 0 radical (unpaired) electrons. The Hall–Kier alpha value is -2.99. The second-order valence-corrected chi connectivity index (χ2v) is 7.54. The number of hydrogen-bond acceptors (Lipinski definition) is 3. The quantitative estimate of drug-likeness (QED) is 0.553. The maximum Gasteiger partial charge on any atom is 0.235 e. The van der Waals surface area contributed by atoms with E-state index in [1.807, 2.05) is 31.2 Å². The van der Waals surface area contributed by atoms with Crippen LogP contribution in [0.15, 0.2) is 41.4 Å². The number of aryl methyl sites for hydroxylation is 1. The molecule has 4 N–H and O–H groups in total. The molecule has 0 atom stereocenters. The maximum absolute atomic E-state index is 12.7. The minimum Gasteiger partial charge on any atom is -0.387 e. The number of nitrogens with zero attached hydrogens (tertiary/aromatic N) is 1. The van der Waals surface area contributed by atoms with Crippen LogP contribution < -0.4 is 11.1 Å². The van der Waals surface area contributed by atoms with E-state index in [1.54, 1.807) is 6.92 Å². The number of amidine groups is 2. The van der Waals surface area contributed by atoms with Gasteiger partial charge in [0.1, 0.15) is 0 Å². The molecular weight excluding hydrogens is 352 g/mol. The van der Waals surface area contributed by atoms with Crippen LogP contribution in [0.25, 0.3) is 11.1 Å². The number of benzene rings is 2. The predicted octanol–water partition coefficient (Wildman–Crippen LogP) is 3.36. The Morgan fingerprint density at radius 1 is 1.21 bits per heavy atom. The highest BCUT2D eigenvalue weighted by molar-refractivity contribution is 6.07. The first-order chi connectivity index (χ1) is 13.4. The number of hydrogen-bond donors (Lipinski definition) is 3. The molecule has 6 heteroatoms. The molecule has 1 saturated heterocycles. The van der Waals surface area contributed by atoms with Gasteiger partial charge in [-0.1, -0.05) is 24.3 Å². The molecule has 2 aliphatic rings. The molecule has 144 valence electrons. The number of anilines is 1. The molecule has 2 aromatic rings. The summed E-state index contributed by atoms with van der Waals surface area (Å²) in [4.78, 5) is 16.8. The Bertz CT molecular complexity index is 1000. The van der Waals surface area contributed by atoms with Crippen LogP contribution in [0.5, 0.6) is 0 Å². The van der Waals surface area contributed by atoms with Crippen LogP contribution in [0.1, 0.15) is 36.5 Å². The third-order valence-electron chi connectivity index (χ3n) is 5.67. The Morgan fingerprint density at radius 2 is 1.96 bits per heavy atom. The van der Waals surface area contributed by atoms with Crippen molar-refractivity contribution in [3.8, 4) is 11.1 Å². The maximum atomic E-state index is 12.7. The van der Waals surface area contributed by atoms with Gasteiger partial charge in [-0.3, -0.25) is 10.2 Å². The smallest absolute Gasteiger partial charge is 0.235 e. The first-order valence-corrected chi connectivity index (χ1v) is 9.45. The van der Waals surface area contributed by atoms with Crippen molar-refractivity contribution in [2.45, 2.75) is 32.1 Å². The van der Waals surface area contributed by atoms with Crippen molar-refractivity contribution in [2.75, 3.05) is 18.5 Å². The van der Waals surface area contributed by atoms with Gasteiger partial charge in [0.25, 0.3) is 0 Å². The molecule has 1 amide bonds. The Morgan fingerprint density at radius 3 is 2.68 bits per heavy atom. The Labute approximate surface area is 164 Å². The molecule has 0 aliphatic carbocycles. The van der Waals surface area contributed by atoms with Gasteiger partial charge < -0.3 is 15.8 Å². The number of carbonyl (C=O) groups is 1. The summed E-state index contributed by atoms with van der Waals surface area (Å²) in [5.74, 6) is 0.564. The molecule has 2 aromatic carbocycles. The van der Waals surface area contributed by atoms with E-state index in [0.717, 1.165) is 27.9 Å². The van der Waals surface area contributed by atoms with E-state index in [9.17, 15) is 4.79 Å². The number of nitrogens with two attached hydrogens (primary N) is 1. The molecule has 0 bridgehead atoms. The molecule has 0 aromatic heterocycles. The summed E-state index contributed by atoms with van der Waals surface area (Å²) in [6.45, 7) is 4.92. The third-order valence-corrected chi connectivity index (χ3v) is 5.67. The van der Waals surface area contributed by atoms with Gasteiger partial charge in [0.2, 0.25) is 5.91 Å². The van der Waals surface area contributed by atoms with Gasteiger partial charge in [0.15, 0.2) is 5.84 Å². The summed E-state index contributed by atoms with van der Waals surface area (Å²) in [6, 6.07) is 12.0. The average Bonchev–Trinajstić information content (AvgIpc) is 2.93. The van der Waals surface area contributed by atoms with Crippen molar-refractivity contribution in [3.05, 3.63) is 53.1 Å². The number of rotatable bonds is 2. The van der Waals surface area contributed by atoms with E-state index in [0.29, 0.717) is 37.5 Å². The van der Waals surface area contributed by atoms with Crippen molar-refractivity contribution < 1.29 is 9.53 Å². The van der Waals surface area contributed by atoms with Crippen LogP contribution >= 0.6 is 0 Å². The van der Waals surface area contributed by atoms with E-state index in [-0.39, 0.29) is 11.7 Å². The van der Waals surface area contributed by atoms with E-state index in [4.69, 9.17) is 15.9 Å². The molecule has 4 rings (SSSR count). The van der Waals surface area contributed by atoms with Crippen molar-refractivity contribution in [3.63, 3.8) is 0 Å². The van der Waals surface area contributed by atoms with Gasteiger partial charge in [0.05, 0.1) is 11.3 Å². The molecule has 0 saturated carbocycles. The molecule has 1 fully saturated rings. The van der Waals surface area contributed by atoms with Crippen molar-refractivity contribution in [2.24, 2.45) is 10.7 Å². The van der Waals surface area contributed by atoms with Crippen LogP contribution in [0, 0.1) is 12.3 Å². The molecular formula is C22H24N4O2. The highest BCUT2D eigenvalue weighted by atomic mass is 16.5. The number of carbonyl (C=O) groups excluding carboxylic acids is 1. The van der Waals surface area contributed by atoms with Crippen LogP contribution in [0.4, 0.5) is 5.69 Å². The lowest BCUT2D eigenvalue weighted by atomic mass is 9.75. The van der Waals surface area contributed by atoms with Crippen molar-refractivity contribution in [1.82, 2.24) is 0 Å². The number of ether oxygens (including phenoxy) is 1. The summed E-state index contributed by atoms with van der Waals surface area (Å²) >= 11 is 0. The van der Waals surface area contributed by atoms with Crippen LogP contribution in [0.2, 0.25) is 0 Å². The molecule has 6 nitrogen and oxygen atoms in total. The minimum absolute atomic E-state index is 0.0722. The first-order valence-electron chi connectivity index (χ1n) is 9.45. The van der Waals surface area contributed by atoms with Crippen LogP contribution in [-0.4, -0.2) is 30.8 Å². The zero-order valence-electron chi connectivity index (χ0n) is 16.1. The topological polar surface area (TPSA) is 101 Å². The molecule has 1 spiro atoms. The van der Waals surface area contributed by atoms with E-state index in [2.05, 4.69) is 22.4 Å². The first kappa shape index (κ1) is 18.4. The molecule has 0 unspecified atom stereocenters. The number of aliphatic imine (C=N–C) groups is 1. The zero-order chi connectivity index (χ0) is 19.9. The van der Waals surface area contributed by atoms with Gasteiger partial charge in [-0.05, 0) is 61.1 Å². The lowest BCUT2D eigenvalue weighted by Gasteiger charge is -2.31. The minimum atomic E-state index is -0.460. The van der Waals surface area contributed by atoms with Crippen molar-refractivity contribution >= 4 is 23.3 Å². The lowest BCUT2D eigenvalue weighted by Crippen LogP contribution is -2.39. The lowest BCUT2D eigenvalue weighted by molar-refractivity contribution is -0.124. The van der Waals surface area contributed by atoms with E-state index in [1.165, 1.54) is 0 Å². The normalized spacial score (nSPS) is 18.1. The second kappa shape index (κ2) is 6.87. The third kappa shape index (κ3) is 2.99. The second-order valence-electron chi connectivity index (χ2n) is 7.54. The fraction of sp³-hybridized carbons (Fsp3) is 0.318. The SMILES string of the molecule is CC(N)=NC(=N)c1ccc(C)c(-c2ccc3c(c2)NC(=O)C32CCOCC2)c1. The van der Waals surface area contributed by atoms with Gasteiger partial charge in [-0.15, -0.1) is 0 Å². The summed E-state index contributed by atoms with van der Waals surface area (Å²) in [6.07, 6.45) is 1.43. The summed E-state index contributed by atoms with van der Waals surface area (Å²) in [5.41, 5.74) is 10.9. The number of nitrogens with one attached hydrogen (secondary N) is 2. The van der Waals surface area contributed by atoms with Crippen LogP contribution in [0.3, 0.4) is 0 Å². The standard InChI is InChI=1S/C22H24N4O2/c1-13-3-4-16(20(24)25-14(2)23)11-17(13)15-5-6-18-19(12-15)26-21(27)22(18)7-9-28-10-8-22/h3-6,11-12H,7-10H2,1-2H3,(H,26,27)(H3,23,24,25). The number of amides is 1. The monoisotopic (exact) mass is 376 g/mol. The van der Waals surface area contributed by atoms with Gasteiger partial charge in [-0.25, -0.2) is 4.99 Å². The summed E-state index contributed by atoms with van der Waals surface area (Å²) in [5, 5.41) is 11.2. The summed E-state index contributed by atoms with van der Waals surface area (Å²) in [7, 11) is 0. The van der Waals surface area contributed by atoms with Crippen LogP contribution in [-0.2, 0) is 14.9 Å². The highest BCUT2D eigenvalue weighted by Gasteiger charge is 2.47. The molecule has 2 heterocycles. The average molecular weight is 376 g/mol. The summed E-state index contributed by atoms with van der Waals surface area (Å²) < 4.78 is 5.47. The number of fused-ring (bicyclic) bond motifs is 2. The zero-order valence-corrected chi connectivity index (χ0v) is 16.1. The van der Waals surface area contributed by atoms with Gasteiger partial charge in [0, 0.05) is 24.5 Å². The molecule has 2 aliphatic heterocycles. The van der Waals surface area contributed by atoms with Gasteiger partial charge >= 0.3 is 0 Å². The fourth-order valence-corrected chi connectivity index (χ4v) is 4.13. The molecule has 28 heavy (non-hydrogen) atoms.